The summed E-state index contributed by atoms with van der Waals surface area (Å²) in [7, 11) is 1.69. The zero-order valence-electron chi connectivity index (χ0n) is 12.1. The van der Waals surface area contributed by atoms with Gasteiger partial charge in [0.25, 0.3) is 0 Å². The molecule has 1 N–H and O–H groups in total. The maximum atomic E-state index is 5.32. The van der Waals surface area contributed by atoms with Crippen LogP contribution in [-0.2, 0) is 11.2 Å². The number of ether oxygens (including phenoxy) is 1. The predicted octanol–water partition coefficient (Wildman–Crippen LogP) is 2.14. The van der Waals surface area contributed by atoms with Crippen molar-refractivity contribution in [3.8, 4) is 0 Å². The van der Waals surface area contributed by atoms with Crippen LogP contribution in [-0.4, -0.2) is 35.9 Å². The van der Waals surface area contributed by atoms with Crippen LogP contribution in [0.25, 0.3) is 0 Å². The second kappa shape index (κ2) is 7.48. The molecule has 0 aliphatic carbocycles. The predicted molar refractivity (Wildman–Crippen MR) is 70.6 cm³/mol. The first-order chi connectivity index (χ1) is 8.58. The third kappa shape index (κ3) is 4.38. The molecule has 1 aromatic rings. The summed E-state index contributed by atoms with van der Waals surface area (Å²) in [6, 6.07) is 0.332. The lowest BCUT2D eigenvalue weighted by molar-refractivity contribution is 0.116. The minimum atomic E-state index is 0.112. The fourth-order valence-electron chi connectivity index (χ4n) is 1.64. The molecule has 0 radical (unpaired) electrons. The number of rotatable bonds is 8. The van der Waals surface area contributed by atoms with E-state index in [0.717, 1.165) is 13.0 Å². The molecule has 0 aromatic carbocycles. The zero-order chi connectivity index (χ0) is 13.5. The molecule has 0 fully saturated rings. The summed E-state index contributed by atoms with van der Waals surface area (Å²) < 4.78 is 10.5. The maximum absolute atomic E-state index is 5.32. The topological polar surface area (TPSA) is 60.2 Å². The Kier molecular flexibility index (Phi) is 6.29. The average molecular weight is 255 g/mol. The molecule has 1 rings (SSSR count). The van der Waals surface area contributed by atoms with E-state index in [1.54, 1.807) is 7.11 Å². The lowest BCUT2D eigenvalue weighted by Gasteiger charge is -2.17. The van der Waals surface area contributed by atoms with Crippen LogP contribution in [0.5, 0.6) is 0 Å². The Balaban J connectivity index is 2.55. The monoisotopic (exact) mass is 255 g/mol. The van der Waals surface area contributed by atoms with Gasteiger partial charge in [-0.05, 0) is 26.8 Å². The molecule has 0 amide bonds. The minimum Gasteiger partial charge on any atom is -0.381 e. The lowest BCUT2D eigenvalue weighted by atomic mass is 10.0. The Morgan fingerprint density at radius 1 is 1.33 bits per heavy atom. The first kappa shape index (κ1) is 15.1. The highest BCUT2D eigenvalue weighted by Crippen LogP contribution is 2.17. The Bertz CT molecular complexity index is 341. The lowest BCUT2D eigenvalue weighted by Crippen LogP contribution is -2.31. The van der Waals surface area contributed by atoms with Crippen molar-refractivity contribution in [2.45, 2.75) is 58.6 Å². The van der Waals surface area contributed by atoms with E-state index >= 15 is 0 Å². The number of methoxy groups -OCH3 is 1. The Labute approximate surface area is 109 Å². The van der Waals surface area contributed by atoms with Gasteiger partial charge in [0.2, 0.25) is 5.89 Å². The molecule has 0 aliphatic rings. The van der Waals surface area contributed by atoms with Gasteiger partial charge in [-0.25, -0.2) is 0 Å². The highest BCUT2D eigenvalue weighted by atomic mass is 16.5. The van der Waals surface area contributed by atoms with Crippen molar-refractivity contribution in [1.29, 1.82) is 0 Å². The summed E-state index contributed by atoms with van der Waals surface area (Å²) in [5.41, 5.74) is 0. The number of hydrogen-bond donors (Lipinski definition) is 1. The van der Waals surface area contributed by atoms with Crippen molar-refractivity contribution in [2.75, 3.05) is 13.7 Å². The average Bonchev–Trinajstić information content (AvgIpc) is 2.83. The molecule has 1 heterocycles. The van der Waals surface area contributed by atoms with Crippen molar-refractivity contribution in [1.82, 2.24) is 15.5 Å². The van der Waals surface area contributed by atoms with Gasteiger partial charge in [0.15, 0.2) is 5.82 Å². The second-order valence-electron chi connectivity index (χ2n) is 4.83. The number of nitrogens with one attached hydrogen (secondary N) is 1. The van der Waals surface area contributed by atoms with Crippen LogP contribution in [0.4, 0.5) is 0 Å². The van der Waals surface area contributed by atoms with Crippen LogP contribution in [0.3, 0.4) is 0 Å². The molecule has 0 aliphatic heterocycles. The van der Waals surface area contributed by atoms with Gasteiger partial charge in [-0.15, -0.1) is 0 Å². The standard InChI is InChI=1S/C13H25N3O2/c1-6-7-14-11(4)10(3)13-15-12(16-18-13)8-9(2)17-5/h9-11,14H,6-8H2,1-5H3. The van der Waals surface area contributed by atoms with Crippen molar-refractivity contribution in [2.24, 2.45) is 0 Å². The fourth-order valence-corrected chi connectivity index (χ4v) is 1.64. The molecule has 5 nitrogen and oxygen atoms in total. The van der Waals surface area contributed by atoms with Crippen LogP contribution in [0.1, 0.15) is 51.7 Å². The summed E-state index contributed by atoms with van der Waals surface area (Å²) in [5.74, 6) is 1.63. The van der Waals surface area contributed by atoms with Crippen LogP contribution in [0, 0.1) is 0 Å². The molecule has 18 heavy (non-hydrogen) atoms. The van der Waals surface area contributed by atoms with E-state index in [-0.39, 0.29) is 12.0 Å². The normalized spacial score (nSPS) is 16.5. The molecule has 0 saturated heterocycles. The zero-order valence-corrected chi connectivity index (χ0v) is 12.1. The van der Waals surface area contributed by atoms with Gasteiger partial charge < -0.3 is 14.6 Å². The van der Waals surface area contributed by atoms with Gasteiger partial charge in [-0.3, -0.25) is 0 Å². The molecule has 104 valence electrons. The third-order valence-corrected chi connectivity index (χ3v) is 3.21. The Morgan fingerprint density at radius 2 is 2.06 bits per heavy atom. The minimum absolute atomic E-state index is 0.112. The largest absolute Gasteiger partial charge is 0.381 e. The molecule has 5 heteroatoms. The summed E-state index contributed by atoms with van der Waals surface area (Å²) >= 11 is 0. The van der Waals surface area contributed by atoms with Crippen molar-refractivity contribution < 1.29 is 9.26 Å². The quantitative estimate of drug-likeness (QED) is 0.771. The maximum Gasteiger partial charge on any atom is 0.231 e. The Hall–Kier alpha value is -0.940. The summed E-state index contributed by atoms with van der Waals surface area (Å²) in [6.45, 7) is 9.39. The van der Waals surface area contributed by atoms with Gasteiger partial charge >= 0.3 is 0 Å². The van der Waals surface area contributed by atoms with Crippen LogP contribution < -0.4 is 5.32 Å². The summed E-state index contributed by atoms with van der Waals surface area (Å²) in [5, 5.41) is 7.43. The van der Waals surface area contributed by atoms with E-state index in [1.165, 1.54) is 0 Å². The SMILES string of the molecule is CCCNC(C)C(C)c1nc(CC(C)OC)no1. The van der Waals surface area contributed by atoms with Crippen molar-refractivity contribution >= 4 is 0 Å². The molecule has 0 bridgehead atoms. The van der Waals surface area contributed by atoms with Gasteiger partial charge in [0.1, 0.15) is 0 Å². The molecule has 3 unspecified atom stereocenters. The van der Waals surface area contributed by atoms with Crippen LogP contribution in [0.15, 0.2) is 4.52 Å². The van der Waals surface area contributed by atoms with E-state index < -0.39 is 0 Å². The number of hydrogen-bond acceptors (Lipinski definition) is 5. The molecular weight excluding hydrogens is 230 g/mol. The molecule has 0 spiro atoms. The van der Waals surface area contributed by atoms with E-state index in [0.29, 0.717) is 24.2 Å². The van der Waals surface area contributed by atoms with Crippen LogP contribution >= 0.6 is 0 Å². The van der Waals surface area contributed by atoms with E-state index in [2.05, 4.69) is 36.2 Å². The second-order valence-corrected chi connectivity index (χ2v) is 4.83. The highest BCUT2D eigenvalue weighted by Gasteiger charge is 2.20. The summed E-state index contributed by atoms with van der Waals surface area (Å²) in [6.07, 6.45) is 1.92. The molecular formula is C13H25N3O2. The first-order valence-electron chi connectivity index (χ1n) is 6.67. The number of nitrogens with zero attached hydrogens (tertiary/aromatic N) is 2. The van der Waals surface area contributed by atoms with Crippen molar-refractivity contribution in [3.63, 3.8) is 0 Å². The first-order valence-corrected chi connectivity index (χ1v) is 6.67. The summed E-state index contributed by atoms with van der Waals surface area (Å²) in [4.78, 5) is 4.43. The van der Waals surface area contributed by atoms with E-state index in [4.69, 9.17) is 9.26 Å². The molecule has 1 aromatic heterocycles. The van der Waals surface area contributed by atoms with Gasteiger partial charge in [-0.2, -0.15) is 4.98 Å². The fraction of sp³-hybridized carbons (Fsp3) is 0.846. The van der Waals surface area contributed by atoms with Gasteiger partial charge in [-0.1, -0.05) is 19.0 Å². The Morgan fingerprint density at radius 3 is 2.67 bits per heavy atom. The van der Waals surface area contributed by atoms with Gasteiger partial charge in [0.05, 0.1) is 12.0 Å². The molecule has 3 atom stereocenters. The van der Waals surface area contributed by atoms with E-state index in [9.17, 15) is 0 Å². The smallest absolute Gasteiger partial charge is 0.231 e. The van der Waals surface area contributed by atoms with Crippen LogP contribution in [0.2, 0.25) is 0 Å². The van der Waals surface area contributed by atoms with Crippen molar-refractivity contribution in [3.05, 3.63) is 11.7 Å². The highest BCUT2D eigenvalue weighted by molar-refractivity contribution is 4.97. The third-order valence-electron chi connectivity index (χ3n) is 3.21. The van der Waals surface area contributed by atoms with E-state index in [1.807, 2.05) is 6.92 Å². The van der Waals surface area contributed by atoms with Gasteiger partial charge in [0, 0.05) is 19.6 Å². The number of aromatic nitrogens is 2. The molecule has 0 saturated carbocycles.